The standard InChI is InChI=1S/C28H34F3N7O2/c1-18-6-7-20(12-26(18)38-17-25(34-35-38)24-16-32-36(3)19(24)2)27(39)33-22-13-21(28(29,30)31)14-23(15-22)40-11-10-37-8-4-5-9-37/h6-7,12-17,19,24,34-35H,4-5,8-11H2,1-3H3,(H,33,39). The molecule has 0 aromatic heterocycles. The molecule has 1 amide bonds. The van der Waals surface area contributed by atoms with Crippen LogP contribution in [-0.2, 0) is 6.18 Å². The maximum atomic E-state index is 13.6. The van der Waals surface area contributed by atoms with Gasteiger partial charge in [0.05, 0.1) is 28.9 Å². The highest BCUT2D eigenvalue weighted by atomic mass is 19.4. The lowest BCUT2D eigenvalue weighted by Crippen LogP contribution is -2.39. The molecule has 1 saturated heterocycles. The highest BCUT2D eigenvalue weighted by Gasteiger charge is 2.32. The first-order valence-corrected chi connectivity index (χ1v) is 13.4. The van der Waals surface area contributed by atoms with Crippen molar-refractivity contribution in [2.24, 2.45) is 11.0 Å². The van der Waals surface area contributed by atoms with Gasteiger partial charge in [0.25, 0.3) is 5.91 Å². The van der Waals surface area contributed by atoms with Crippen molar-refractivity contribution in [1.29, 1.82) is 0 Å². The minimum Gasteiger partial charge on any atom is -0.492 e. The number of anilines is 2. The number of hydrazone groups is 1. The molecule has 0 radical (unpaired) electrons. The molecule has 2 aromatic carbocycles. The molecule has 2 unspecified atom stereocenters. The van der Waals surface area contributed by atoms with Crippen molar-refractivity contribution < 1.29 is 22.7 Å². The summed E-state index contributed by atoms with van der Waals surface area (Å²) < 4.78 is 46.5. The van der Waals surface area contributed by atoms with E-state index in [2.05, 4.69) is 33.2 Å². The predicted molar refractivity (Wildman–Crippen MR) is 148 cm³/mol. The Morgan fingerprint density at radius 2 is 1.95 bits per heavy atom. The molecule has 1 fully saturated rings. The first kappa shape index (κ1) is 27.8. The molecule has 0 spiro atoms. The maximum absolute atomic E-state index is 13.6. The number of carbonyl (C=O) groups is 1. The topological polar surface area (TPSA) is 84.5 Å². The summed E-state index contributed by atoms with van der Waals surface area (Å²) in [7, 11) is 1.92. The van der Waals surface area contributed by atoms with Gasteiger partial charge in [0.1, 0.15) is 12.4 Å². The first-order chi connectivity index (χ1) is 19.1. The molecule has 3 N–H and O–H groups in total. The van der Waals surface area contributed by atoms with Gasteiger partial charge in [-0.3, -0.25) is 19.7 Å². The van der Waals surface area contributed by atoms with Crippen LogP contribution in [0.15, 0.2) is 53.4 Å². The zero-order valence-corrected chi connectivity index (χ0v) is 22.8. The fourth-order valence-electron chi connectivity index (χ4n) is 5.04. The van der Waals surface area contributed by atoms with Gasteiger partial charge in [-0.25, -0.2) is 0 Å². The van der Waals surface area contributed by atoms with Crippen molar-refractivity contribution >= 4 is 23.5 Å². The number of ether oxygens (including phenoxy) is 1. The summed E-state index contributed by atoms with van der Waals surface area (Å²) in [4.78, 5) is 15.4. The fourth-order valence-corrected chi connectivity index (χ4v) is 5.04. The monoisotopic (exact) mass is 557 g/mol. The minimum atomic E-state index is -4.58. The van der Waals surface area contributed by atoms with Gasteiger partial charge in [0.15, 0.2) is 0 Å². The van der Waals surface area contributed by atoms with Gasteiger partial charge in [-0.05, 0) is 69.6 Å². The number of nitrogens with one attached hydrogen (secondary N) is 3. The quantitative estimate of drug-likeness (QED) is 0.445. The number of nitrogens with zero attached hydrogens (tertiary/aromatic N) is 4. The van der Waals surface area contributed by atoms with E-state index < -0.39 is 17.6 Å². The second-order valence-electron chi connectivity index (χ2n) is 10.4. The van der Waals surface area contributed by atoms with Crippen molar-refractivity contribution in [3.63, 3.8) is 0 Å². The second-order valence-corrected chi connectivity index (χ2v) is 10.4. The summed E-state index contributed by atoms with van der Waals surface area (Å²) >= 11 is 0. The van der Waals surface area contributed by atoms with Crippen LogP contribution in [0.4, 0.5) is 24.5 Å². The summed E-state index contributed by atoms with van der Waals surface area (Å²) in [5, 5.41) is 10.6. The fraction of sp³-hybridized carbons (Fsp3) is 0.429. The number of hydrogen-bond acceptors (Lipinski definition) is 8. The zero-order chi connectivity index (χ0) is 28.4. The molecule has 0 aliphatic carbocycles. The van der Waals surface area contributed by atoms with Gasteiger partial charge < -0.3 is 15.5 Å². The van der Waals surface area contributed by atoms with Crippen LogP contribution in [0.3, 0.4) is 0 Å². The molecule has 3 aliphatic heterocycles. The minimum absolute atomic E-state index is 0.0138. The predicted octanol–water partition coefficient (Wildman–Crippen LogP) is 4.35. The van der Waals surface area contributed by atoms with Crippen LogP contribution in [0.2, 0.25) is 0 Å². The van der Waals surface area contributed by atoms with Crippen LogP contribution in [0, 0.1) is 12.8 Å². The van der Waals surface area contributed by atoms with E-state index in [1.54, 1.807) is 23.2 Å². The van der Waals surface area contributed by atoms with Crippen LogP contribution in [0.1, 0.15) is 41.3 Å². The number of halogens is 3. The van der Waals surface area contributed by atoms with Gasteiger partial charge in [-0.1, -0.05) is 6.07 Å². The molecule has 0 bridgehead atoms. The summed E-state index contributed by atoms with van der Waals surface area (Å²) in [5.74, 6) is -0.394. The number of alkyl halides is 3. The lowest BCUT2D eigenvalue weighted by Gasteiger charge is -2.20. The SMILES string of the molecule is Cc1ccc(C(=O)Nc2cc(OCCN3CCCC3)cc(C(F)(F)F)c2)cc1N1C=C(C2C=NN(C)C2C)NN1. The Kier molecular flexibility index (Phi) is 7.90. The van der Waals surface area contributed by atoms with Crippen LogP contribution in [0.25, 0.3) is 0 Å². The van der Waals surface area contributed by atoms with Gasteiger partial charge >= 0.3 is 6.18 Å². The van der Waals surface area contributed by atoms with Gasteiger partial charge in [0, 0.05) is 43.3 Å². The van der Waals surface area contributed by atoms with E-state index in [1.165, 1.54) is 6.07 Å². The third-order valence-electron chi connectivity index (χ3n) is 7.56. The van der Waals surface area contributed by atoms with Crippen molar-refractivity contribution in [3.8, 4) is 5.75 Å². The number of hydrogen-bond donors (Lipinski definition) is 3. The molecule has 214 valence electrons. The molecule has 2 atom stereocenters. The average molecular weight is 558 g/mol. The highest BCUT2D eigenvalue weighted by molar-refractivity contribution is 6.05. The summed E-state index contributed by atoms with van der Waals surface area (Å²) in [6, 6.07) is 8.62. The van der Waals surface area contributed by atoms with E-state index in [0.29, 0.717) is 12.1 Å². The molecular formula is C28H34F3N7O2. The zero-order valence-electron chi connectivity index (χ0n) is 22.8. The van der Waals surface area contributed by atoms with Crippen molar-refractivity contribution in [2.75, 3.05) is 43.6 Å². The smallest absolute Gasteiger partial charge is 0.416 e. The van der Waals surface area contributed by atoms with E-state index in [4.69, 9.17) is 4.74 Å². The average Bonchev–Trinajstić information content (AvgIpc) is 3.67. The number of rotatable bonds is 8. The van der Waals surface area contributed by atoms with Crippen molar-refractivity contribution in [3.05, 3.63) is 65.0 Å². The molecule has 2 aromatic rings. The lowest BCUT2D eigenvalue weighted by atomic mass is 10.0. The Labute approximate surface area is 231 Å². The van der Waals surface area contributed by atoms with E-state index in [0.717, 1.165) is 55.0 Å². The van der Waals surface area contributed by atoms with Crippen LogP contribution >= 0.6 is 0 Å². The summed E-state index contributed by atoms with van der Waals surface area (Å²) in [5.41, 5.74) is 8.25. The Morgan fingerprint density at radius 1 is 1.18 bits per heavy atom. The summed E-state index contributed by atoms with van der Waals surface area (Å²) in [6.45, 7) is 6.84. The number of hydrazine groups is 2. The summed E-state index contributed by atoms with van der Waals surface area (Å²) in [6.07, 6.45) is 1.45. The van der Waals surface area contributed by atoms with Crippen LogP contribution in [0.5, 0.6) is 5.75 Å². The maximum Gasteiger partial charge on any atom is 0.416 e. The van der Waals surface area contributed by atoms with Crippen molar-refractivity contribution in [1.82, 2.24) is 20.9 Å². The molecule has 5 rings (SSSR count). The van der Waals surface area contributed by atoms with Crippen LogP contribution in [-0.4, -0.2) is 61.4 Å². The number of amides is 1. The number of benzene rings is 2. The van der Waals surface area contributed by atoms with Gasteiger partial charge in [-0.15, -0.1) is 5.53 Å². The number of carbonyl (C=O) groups excluding carboxylic acids is 1. The Morgan fingerprint density at radius 3 is 2.65 bits per heavy atom. The van der Waals surface area contributed by atoms with Gasteiger partial charge in [0.2, 0.25) is 0 Å². The molecule has 9 nitrogen and oxygen atoms in total. The number of likely N-dealkylation sites (tertiary alicyclic amines) is 1. The highest BCUT2D eigenvalue weighted by Crippen LogP contribution is 2.35. The van der Waals surface area contributed by atoms with E-state index >= 15 is 0 Å². The Balaban J connectivity index is 1.31. The molecular weight excluding hydrogens is 523 g/mol. The third kappa shape index (κ3) is 6.18. The van der Waals surface area contributed by atoms with E-state index in [-0.39, 0.29) is 30.0 Å². The van der Waals surface area contributed by atoms with Crippen LogP contribution < -0.4 is 26.0 Å². The molecule has 40 heavy (non-hydrogen) atoms. The normalized spacial score (nSPS) is 21.1. The Hall–Kier alpha value is -3.77. The molecule has 12 heteroatoms. The lowest BCUT2D eigenvalue weighted by molar-refractivity contribution is -0.137. The molecule has 0 saturated carbocycles. The third-order valence-corrected chi connectivity index (χ3v) is 7.56. The first-order valence-electron chi connectivity index (χ1n) is 13.4. The number of aryl methyl sites for hydroxylation is 1. The molecule has 3 heterocycles. The van der Waals surface area contributed by atoms with E-state index in [9.17, 15) is 18.0 Å². The second kappa shape index (κ2) is 11.4. The van der Waals surface area contributed by atoms with Gasteiger partial charge in [-0.2, -0.15) is 18.3 Å². The largest absolute Gasteiger partial charge is 0.492 e. The van der Waals surface area contributed by atoms with E-state index in [1.807, 2.05) is 31.4 Å². The van der Waals surface area contributed by atoms with Crippen molar-refractivity contribution in [2.45, 2.75) is 38.9 Å². The molecule has 3 aliphatic rings. The Bertz CT molecular complexity index is 1310.